The Kier molecular flexibility index (Phi) is 3.34. The van der Waals surface area contributed by atoms with Gasteiger partial charge in [0.25, 0.3) is 0 Å². The van der Waals surface area contributed by atoms with Crippen LogP contribution in [0.4, 0.5) is 13.2 Å². The van der Waals surface area contributed by atoms with Crippen molar-refractivity contribution in [2.75, 3.05) is 6.54 Å². The first-order chi connectivity index (χ1) is 7.94. The quantitative estimate of drug-likeness (QED) is 0.915. The van der Waals surface area contributed by atoms with Gasteiger partial charge in [0, 0.05) is 10.7 Å². The van der Waals surface area contributed by atoms with Gasteiger partial charge in [-0.3, -0.25) is 0 Å². The van der Waals surface area contributed by atoms with E-state index in [-0.39, 0.29) is 6.54 Å². The number of nitrogens with one attached hydrogen (secondary N) is 2. The molecule has 2 aromatic rings. The Morgan fingerprint density at radius 2 is 2.18 bits per heavy atom. The molecule has 0 saturated heterocycles. The number of fused-ring (bicyclic) bond motifs is 1. The lowest BCUT2D eigenvalue weighted by molar-refractivity contribution is -0.125. The summed E-state index contributed by atoms with van der Waals surface area (Å²) in [6, 6.07) is 1.77. The number of H-pyrrole nitrogens is 1. The van der Waals surface area contributed by atoms with E-state index in [1.54, 1.807) is 12.3 Å². The Labute approximate surface area is 103 Å². The van der Waals surface area contributed by atoms with Crippen LogP contribution in [-0.4, -0.2) is 27.7 Å². The number of rotatable bonds is 3. The van der Waals surface area contributed by atoms with E-state index in [1.807, 2.05) is 0 Å². The van der Waals surface area contributed by atoms with Gasteiger partial charge in [-0.1, -0.05) is 0 Å². The van der Waals surface area contributed by atoms with Crippen molar-refractivity contribution in [3.05, 3.63) is 22.6 Å². The summed E-state index contributed by atoms with van der Waals surface area (Å²) in [7, 11) is 0. The Morgan fingerprint density at radius 1 is 1.41 bits per heavy atom. The monoisotopic (exact) mass is 308 g/mol. The van der Waals surface area contributed by atoms with E-state index in [1.165, 1.54) is 0 Å². The van der Waals surface area contributed by atoms with E-state index in [2.05, 4.69) is 36.2 Å². The van der Waals surface area contributed by atoms with Crippen LogP contribution in [0.15, 0.2) is 16.7 Å². The molecule has 2 N–H and O–H groups in total. The second-order valence-corrected chi connectivity index (χ2v) is 4.34. The van der Waals surface area contributed by atoms with E-state index >= 15 is 0 Å². The van der Waals surface area contributed by atoms with E-state index < -0.39 is 12.7 Å². The first kappa shape index (κ1) is 12.3. The number of alkyl halides is 3. The lowest BCUT2D eigenvalue weighted by atomic mass is 10.4. The Morgan fingerprint density at radius 3 is 2.88 bits per heavy atom. The number of aromatic amines is 1. The van der Waals surface area contributed by atoms with Crippen LogP contribution in [0.2, 0.25) is 0 Å². The molecule has 0 spiro atoms. The zero-order valence-electron chi connectivity index (χ0n) is 8.48. The van der Waals surface area contributed by atoms with Gasteiger partial charge < -0.3 is 10.3 Å². The predicted molar refractivity (Wildman–Crippen MR) is 59.4 cm³/mol. The van der Waals surface area contributed by atoms with Crippen molar-refractivity contribution in [2.45, 2.75) is 12.7 Å². The Bertz CT molecular complexity index is 522. The molecule has 2 aromatic heterocycles. The normalized spacial score (nSPS) is 12.2. The smallest absolute Gasteiger partial charge is 0.339 e. The highest BCUT2D eigenvalue weighted by Crippen LogP contribution is 2.15. The lowest BCUT2D eigenvalue weighted by Gasteiger charge is -2.05. The van der Waals surface area contributed by atoms with Crippen molar-refractivity contribution in [1.29, 1.82) is 0 Å². The Balaban J connectivity index is 2.05. The summed E-state index contributed by atoms with van der Waals surface area (Å²) in [5.41, 5.74) is 1.17. The fourth-order valence-electron chi connectivity index (χ4n) is 1.33. The summed E-state index contributed by atoms with van der Waals surface area (Å²) < 4.78 is 36.5. The minimum absolute atomic E-state index is 0.0213. The standard InChI is InChI=1S/C9H8BrF3N4/c10-5-1-6-8(15-2-5)17-7(16-6)3-14-4-9(11,12)13/h1-2,14H,3-4H2,(H,15,16,17). The van der Waals surface area contributed by atoms with E-state index in [4.69, 9.17) is 0 Å². The molecule has 0 amide bonds. The molecule has 0 aromatic carbocycles. The van der Waals surface area contributed by atoms with Gasteiger partial charge in [0.2, 0.25) is 0 Å². The number of aromatic nitrogens is 3. The highest BCUT2D eigenvalue weighted by molar-refractivity contribution is 9.10. The van der Waals surface area contributed by atoms with Gasteiger partial charge in [-0.05, 0) is 22.0 Å². The maximum Gasteiger partial charge on any atom is 0.401 e. The summed E-state index contributed by atoms with van der Waals surface area (Å²) in [6.07, 6.45) is -2.64. The SMILES string of the molecule is FC(F)(F)CNCc1nc2ncc(Br)cc2[nH]1. The number of pyridine rings is 1. The third-order valence-electron chi connectivity index (χ3n) is 1.97. The van der Waals surface area contributed by atoms with Crippen LogP contribution in [0.1, 0.15) is 5.82 Å². The number of imidazole rings is 1. The zero-order valence-corrected chi connectivity index (χ0v) is 10.1. The molecule has 0 aliphatic carbocycles. The largest absolute Gasteiger partial charge is 0.401 e. The van der Waals surface area contributed by atoms with Crippen molar-refractivity contribution < 1.29 is 13.2 Å². The molecule has 0 fully saturated rings. The fraction of sp³-hybridized carbons (Fsp3) is 0.333. The van der Waals surface area contributed by atoms with E-state index in [9.17, 15) is 13.2 Å². The van der Waals surface area contributed by atoms with Crippen LogP contribution in [0.3, 0.4) is 0 Å². The van der Waals surface area contributed by atoms with Gasteiger partial charge >= 0.3 is 6.18 Å². The average molecular weight is 309 g/mol. The van der Waals surface area contributed by atoms with Gasteiger partial charge in [-0.25, -0.2) is 9.97 Å². The molecule has 0 aliphatic rings. The lowest BCUT2D eigenvalue weighted by Crippen LogP contribution is -2.28. The van der Waals surface area contributed by atoms with Crippen molar-refractivity contribution in [3.63, 3.8) is 0 Å². The molecule has 0 bridgehead atoms. The summed E-state index contributed by atoms with van der Waals surface area (Å²) in [6.45, 7) is -1.02. The van der Waals surface area contributed by atoms with Crippen LogP contribution in [0.5, 0.6) is 0 Å². The number of hydrogen-bond donors (Lipinski definition) is 2. The zero-order chi connectivity index (χ0) is 12.5. The molecule has 4 nitrogen and oxygen atoms in total. The van der Waals surface area contributed by atoms with Crippen molar-refractivity contribution in [1.82, 2.24) is 20.3 Å². The second kappa shape index (κ2) is 4.61. The number of hydrogen-bond acceptors (Lipinski definition) is 3. The van der Waals surface area contributed by atoms with Crippen LogP contribution in [-0.2, 0) is 6.54 Å². The van der Waals surface area contributed by atoms with Crippen LogP contribution in [0, 0.1) is 0 Å². The molecule has 0 atom stereocenters. The average Bonchev–Trinajstić information content (AvgIpc) is 2.57. The maximum atomic E-state index is 11.9. The summed E-state index contributed by atoms with van der Waals surface area (Å²) in [5, 5.41) is 2.26. The summed E-state index contributed by atoms with van der Waals surface area (Å²) in [4.78, 5) is 11.0. The molecule has 0 radical (unpaired) electrons. The molecule has 17 heavy (non-hydrogen) atoms. The van der Waals surface area contributed by atoms with Crippen LogP contribution < -0.4 is 5.32 Å². The van der Waals surface area contributed by atoms with Crippen LogP contribution in [0.25, 0.3) is 11.2 Å². The Hall–Kier alpha value is -1.15. The van der Waals surface area contributed by atoms with Gasteiger partial charge in [0.1, 0.15) is 5.82 Å². The minimum atomic E-state index is -4.21. The molecule has 0 unspecified atom stereocenters. The van der Waals surface area contributed by atoms with Gasteiger partial charge in [0.05, 0.1) is 18.6 Å². The topological polar surface area (TPSA) is 53.6 Å². The number of halogens is 4. The molecular weight excluding hydrogens is 301 g/mol. The minimum Gasteiger partial charge on any atom is -0.339 e. The molecule has 2 rings (SSSR count). The highest BCUT2D eigenvalue weighted by atomic mass is 79.9. The third kappa shape index (κ3) is 3.40. The van der Waals surface area contributed by atoms with Crippen molar-refractivity contribution >= 4 is 27.1 Å². The van der Waals surface area contributed by atoms with Crippen molar-refractivity contribution in [3.8, 4) is 0 Å². The summed E-state index contributed by atoms with van der Waals surface area (Å²) >= 11 is 3.25. The highest BCUT2D eigenvalue weighted by Gasteiger charge is 2.26. The predicted octanol–water partition coefficient (Wildman–Crippen LogP) is 2.37. The third-order valence-corrected chi connectivity index (χ3v) is 2.40. The molecule has 92 valence electrons. The van der Waals surface area contributed by atoms with E-state index in [0.29, 0.717) is 17.0 Å². The molecular formula is C9H8BrF3N4. The second-order valence-electron chi connectivity index (χ2n) is 3.43. The molecule has 2 heterocycles. The van der Waals surface area contributed by atoms with Gasteiger partial charge in [-0.2, -0.15) is 13.2 Å². The molecule has 0 aliphatic heterocycles. The van der Waals surface area contributed by atoms with E-state index in [0.717, 1.165) is 4.47 Å². The molecule has 0 saturated carbocycles. The first-order valence-corrected chi connectivity index (χ1v) is 5.51. The van der Waals surface area contributed by atoms with Crippen molar-refractivity contribution in [2.24, 2.45) is 0 Å². The van der Waals surface area contributed by atoms with Crippen LogP contribution >= 0.6 is 15.9 Å². The first-order valence-electron chi connectivity index (χ1n) is 4.72. The maximum absolute atomic E-state index is 11.9. The number of nitrogens with zero attached hydrogens (tertiary/aromatic N) is 2. The summed E-state index contributed by atoms with van der Waals surface area (Å²) in [5.74, 6) is 0.426. The molecule has 8 heteroatoms. The fourth-order valence-corrected chi connectivity index (χ4v) is 1.66. The van der Waals surface area contributed by atoms with Gasteiger partial charge in [-0.15, -0.1) is 0 Å². The van der Waals surface area contributed by atoms with Gasteiger partial charge in [0.15, 0.2) is 5.65 Å².